The third-order valence-electron chi connectivity index (χ3n) is 3.63. The summed E-state index contributed by atoms with van der Waals surface area (Å²) in [6.07, 6.45) is 1.09. The van der Waals surface area contributed by atoms with Crippen LogP contribution in [0.5, 0.6) is 0 Å². The highest BCUT2D eigenvalue weighted by Gasteiger charge is 2.17. The first-order valence-electron chi connectivity index (χ1n) is 7.66. The van der Waals surface area contributed by atoms with Crippen molar-refractivity contribution in [2.75, 3.05) is 11.2 Å². The highest BCUT2D eigenvalue weighted by molar-refractivity contribution is 7.18. The van der Waals surface area contributed by atoms with Gasteiger partial charge >= 0.3 is 0 Å². The number of aryl methyl sites for hydroxylation is 1. The van der Waals surface area contributed by atoms with Gasteiger partial charge in [-0.05, 0) is 18.1 Å². The van der Waals surface area contributed by atoms with Crippen LogP contribution >= 0.6 is 22.9 Å². The summed E-state index contributed by atoms with van der Waals surface area (Å²) in [4.78, 5) is 23.0. The Kier molecular flexibility index (Phi) is 5.70. The number of hydrogen-bond acceptors (Lipinski definition) is 5. The monoisotopic (exact) mass is 389 g/mol. The Hall–Kier alpha value is -2.64. The number of carbonyl (C=O) groups is 2. The zero-order valence-electron chi connectivity index (χ0n) is 13.4. The van der Waals surface area contributed by atoms with Crippen LogP contribution < -0.4 is 5.32 Å². The quantitative estimate of drug-likeness (QED) is 0.507. The van der Waals surface area contributed by atoms with Gasteiger partial charge in [0.25, 0.3) is 5.91 Å². The molecule has 0 bridgehead atoms. The number of halogens is 2. The van der Waals surface area contributed by atoms with E-state index in [2.05, 4.69) is 15.5 Å². The highest BCUT2D eigenvalue weighted by atomic mass is 35.5. The molecule has 1 N–H and O–H groups in total. The van der Waals surface area contributed by atoms with E-state index in [0.29, 0.717) is 22.6 Å². The smallest absolute Gasteiger partial charge is 0.260 e. The molecule has 3 aromatic rings. The van der Waals surface area contributed by atoms with Crippen molar-refractivity contribution in [2.24, 2.45) is 0 Å². The molecule has 8 heteroatoms. The van der Waals surface area contributed by atoms with Gasteiger partial charge in [-0.1, -0.05) is 47.7 Å². The summed E-state index contributed by atoms with van der Waals surface area (Å²) in [7, 11) is 0. The van der Waals surface area contributed by atoms with Gasteiger partial charge in [-0.2, -0.15) is 0 Å². The van der Waals surface area contributed by atoms with E-state index in [1.165, 1.54) is 6.07 Å². The van der Waals surface area contributed by atoms with Gasteiger partial charge < -0.3 is 0 Å². The van der Waals surface area contributed by atoms with Gasteiger partial charge in [0.1, 0.15) is 17.1 Å². The van der Waals surface area contributed by atoms with E-state index in [-0.39, 0.29) is 16.6 Å². The second-order valence-corrected chi connectivity index (χ2v) is 6.68. The molecule has 0 aliphatic carbocycles. The molecule has 2 aromatic carbocycles. The molecule has 5 nitrogen and oxygen atoms in total. The molecule has 0 atom stereocenters. The average molecular weight is 390 g/mol. The highest BCUT2D eigenvalue weighted by Crippen LogP contribution is 2.27. The number of rotatable bonds is 6. The molecule has 1 heterocycles. The Bertz CT molecular complexity index is 944. The van der Waals surface area contributed by atoms with E-state index in [1.54, 1.807) is 36.4 Å². The van der Waals surface area contributed by atoms with E-state index in [0.717, 1.165) is 23.2 Å². The van der Waals surface area contributed by atoms with Crippen LogP contribution in [0.15, 0.2) is 42.5 Å². The fourth-order valence-corrected chi connectivity index (χ4v) is 3.26. The van der Waals surface area contributed by atoms with Crippen LogP contribution in [0, 0.1) is 5.82 Å². The molecule has 0 fully saturated rings. The summed E-state index contributed by atoms with van der Waals surface area (Å²) in [5, 5.41) is 11.3. The Morgan fingerprint density at radius 3 is 2.65 bits per heavy atom. The molecule has 3 rings (SSSR count). The normalized spacial score (nSPS) is 10.5. The average Bonchev–Trinajstić information content (AvgIpc) is 3.12. The number of amides is 1. The minimum absolute atomic E-state index is 0.0697. The maximum Gasteiger partial charge on any atom is 0.260 e. The van der Waals surface area contributed by atoms with E-state index in [9.17, 15) is 14.0 Å². The molecular weight excluding hydrogens is 377 g/mol. The van der Waals surface area contributed by atoms with Gasteiger partial charge in [0.15, 0.2) is 0 Å². The third-order valence-corrected chi connectivity index (χ3v) is 4.70. The minimum Gasteiger partial charge on any atom is -0.298 e. The zero-order chi connectivity index (χ0) is 18.5. The maximum atomic E-state index is 14.4. The number of benzene rings is 2. The van der Waals surface area contributed by atoms with Crippen molar-refractivity contribution in [1.29, 1.82) is 0 Å². The Labute approximate surface area is 157 Å². The molecule has 0 aliphatic rings. The second-order valence-electron chi connectivity index (χ2n) is 5.32. The Balaban J connectivity index is 1.77. The lowest BCUT2D eigenvalue weighted by atomic mass is 10.1. The van der Waals surface area contributed by atoms with Gasteiger partial charge in [-0.25, -0.2) is 4.39 Å². The second kappa shape index (κ2) is 8.16. The number of nitrogens with zero attached hydrogens (tertiary/aromatic N) is 2. The lowest BCUT2D eigenvalue weighted by molar-refractivity contribution is 0.102. The van der Waals surface area contributed by atoms with Gasteiger partial charge in [0.2, 0.25) is 5.13 Å². The zero-order valence-corrected chi connectivity index (χ0v) is 15.0. The van der Waals surface area contributed by atoms with E-state index in [1.807, 2.05) is 0 Å². The van der Waals surface area contributed by atoms with Crippen molar-refractivity contribution < 1.29 is 14.0 Å². The number of anilines is 1. The predicted molar refractivity (Wildman–Crippen MR) is 99.5 cm³/mol. The van der Waals surface area contributed by atoms with Gasteiger partial charge in [0.05, 0.1) is 5.56 Å². The van der Waals surface area contributed by atoms with E-state index >= 15 is 0 Å². The number of aromatic nitrogens is 2. The van der Waals surface area contributed by atoms with Crippen molar-refractivity contribution >= 4 is 40.3 Å². The number of alkyl halides is 1. The van der Waals surface area contributed by atoms with Crippen molar-refractivity contribution in [1.82, 2.24) is 10.2 Å². The van der Waals surface area contributed by atoms with Crippen LogP contribution in [0.4, 0.5) is 9.52 Å². The van der Waals surface area contributed by atoms with Gasteiger partial charge in [-0.3, -0.25) is 14.9 Å². The lowest BCUT2D eigenvalue weighted by Crippen LogP contribution is -2.14. The molecular formula is C18H13ClFN3O2S. The van der Waals surface area contributed by atoms with Crippen LogP contribution in [-0.4, -0.2) is 28.3 Å². The minimum atomic E-state index is -0.599. The Morgan fingerprint density at radius 1 is 1.19 bits per heavy atom. The van der Waals surface area contributed by atoms with Gasteiger partial charge in [0, 0.05) is 17.0 Å². The summed E-state index contributed by atoms with van der Waals surface area (Å²) in [5.41, 5.74) is 1.64. The number of carbonyl (C=O) groups excluding carboxylic acids is 2. The first kappa shape index (κ1) is 18.2. The lowest BCUT2D eigenvalue weighted by Gasteiger charge is -2.06. The standard InChI is InChI=1S/C18H13ClFN3O2S/c19-9-8-12-2-1-3-14(15(12)20)16(25)21-18-23-22-17(26-18)13-6-4-11(10-24)5-7-13/h1-7,10H,8-9H2,(H,21,23,25). The van der Waals surface area contributed by atoms with Crippen LogP contribution in [0.2, 0.25) is 0 Å². The summed E-state index contributed by atoms with van der Waals surface area (Å²) < 4.78 is 14.4. The van der Waals surface area contributed by atoms with Crippen LogP contribution in [0.1, 0.15) is 26.3 Å². The van der Waals surface area contributed by atoms with Crippen molar-refractivity contribution in [2.45, 2.75) is 6.42 Å². The number of hydrogen-bond donors (Lipinski definition) is 1. The molecule has 0 radical (unpaired) electrons. The van der Waals surface area contributed by atoms with E-state index < -0.39 is 11.7 Å². The number of nitrogens with one attached hydrogen (secondary N) is 1. The molecule has 0 saturated carbocycles. The molecule has 0 unspecified atom stereocenters. The van der Waals surface area contributed by atoms with Crippen molar-refractivity contribution in [3.63, 3.8) is 0 Å². The summed E-state index contributed by atoms with van der Waals surface area (Å²) >= 11 is 6.80. The van der Waals surface area contributed by atoms with E-state index in [4.69, 9.17) is 11.6 Å². The van der Waals surface area contributed by atoms with Gasteiger partial charge in [-0.15, -0.1) is 21.8 Å². The van der Waals surface area contributed by atoms with Crippen molar-refractivity contribution in [3.8, 4) is 10.6 Å². The largest absolute Gasteiger partial charge is 0.298 e. The fraction of sp³-hybridized carbons (Fsp3) is 0.111. The molecule has 0 aliphatic heterocycles. The maximum absolute atomic E-state index is 14.4. The molecule has 1 aromatic heterocycles. The SMILES string of the molecule is O=Cc1ccc(-c2nnc(NC(=O)c3cccc(CCCl)c3F)s2)cc1. The fourth-order valence-electron chi connectivity index (χ4n) is 2.31. The first-order valence-corrected chi connectivity index (χ1v) is 9.01. The molecule has 132 valence electrons. The molecule has 1 amide bonds. The summed E-state index contributed by atoms with van der Waals surface area (Å²) in [6, 6.07) is 11.4. The number of aldehydes is 1. The van der Waals surface area contributed by atoms with Crippen molar-refractivity contribution in [3.05, 3.63) is 65.0 Å². The summed E-state index contributed by atoms with van der Waals surface area (Å²) in [6.45, 7) is 0. The molecule has 26 heavy (non-hydrogen) atoms. The third kappa shape index (κ3) is 3.95. The predicted octanol–water partition coefficient (Wildman–Crippen LogP) is 4.19. The van der Waals surface area contributed by atoms with Crippen LogP contribution in [0.25, 0.3) is 10.6 Å². The Morgan fingerprint density at radius 2 is 1.96 bits per heavy atom. The topological polar surface area (TPSA) is 72.0 Å². The summed E-state index contributed by atoms with van der Waals surface area (Å²) in [5.74, 6) is -0.914. The molecule has 0 spiro atoms. The molecule has 0 saturated heterocycles. The first-order chi connectivity index (χ1) is 12.6. The van der Waals surface area contributed by atoms with Crippen LogP contribution in [-0.2, 0) is 6.42 Å². The van der Waals surface area contributed by atoms with Crippen LogP contribution in [0.3, 0.4) is 0 Å².